The number of rotatable bonds is 6. The lowest BCUT2D eigenvalue weighted by Crippen LogP contribution is -2.44. The summed E-state index contributed by atoms with van der Waals surface area (Å²) in [6, 6.07) is 17.6. The highest BCUT2D eigenvalue weighted by atomic mass is 32.2. The van der Waals surface area contributed by atoms with Crippen molar-refractivity contribution in [3.63, 3.8) is 0 Å². The summed E-state index contributed by atoms with van der Waals surface area (Å²) in [7, 11) is 0. The summed E-state index contributed by atoms with van der Waals surface area (Å²) in [5.74, 6) is 2.06. The van der Waals surface area contributed by atoms with Crippen molar-refractivity contribution in [1.82, 2.24) is 4.90 Å². The van der Waals surface area contributed by atoms with Crippen molar-refractivity contribution >= 4 is 17.7 Å². The quantitative estimate of drug-likeness (QED) is 0.753. The fourth-order valence-corrected chi connectivity index (χ4v) is 3.38. The van der Waals surface area contributed by atoms with Crippen LogP contribution in [0.5, 0.6) is 11.5 Å². The van der Waals surface area contributed by atoms with Crippen LogP contribution in [0.25, 0.3) is 0 Å². The smallest absolute Gasteiger partial charge is 0.233 e. The standard InChI is InChI=1S/C19H21NO3S/c1-2-20(19(21)14-24-16-8-4-3-5-9-16)12-15-13-22-17-10-6-7-11-18(17)23-15/h3-11,15H,2,12-14H2,1H3. The Bertz CT molecular complexity index is 677. The fraction of sp³-hybridized carbons (Fsp3) is 0.316. The summed E-state index contributed by atoms with van der Waals surface area (Å²) in [5.41, 5.74) is 0. The molecule has 0 N–H and O–H groups in total. The van der Waals surface area contributed by atoms with Gasteiger partial charge in [0.2, 0.25) is 5.91 Å². The minimum atomic E-state index is -0.134. The summed E-state index contributed by atoms with van der Waals surface area (Å²) in [5, 5.41) is 0. The molecular formula is C19H21NO3S. The van der Waals surface area contributed by atoms with E-state index in [1.807, 2.05) is 66.4 Å². The van der Waals surface area contributed by atoms with E-state index in [1.165, 1.54) is 0 Å². The van der Waals surface area contributed by atoms with Crippen LogP contribution < -0.4 is 9.47 Å². The van der Waals surface area contributed by atoms with Crippen molar-refractivity contribution in [3.8, 4) is 11.5 Å². The molecule has 0 aliphatic carbocycles. The Morgan fingerprint density at radius 2 is 1.83 bits per heavy atom. The van der Waals surface area contributed by atoms with E-state index in [0.29, 0.717) is 25.4 Å². The van der Waals surface area contributed by atoms with Crippen molar-refractivity contribution in [2.45, 2.75) is 17.9 Å². The third-order valence-corrected chi connectivity index (χ3v) is 4.83. The largest absolute Gasteiger partial charge is 0.486 e. The van der Waals surface area contributed by atoms with Crippen molar-refractivity contribution in [1.29, 1.82) is 0 Å². The molecule has 5 heteroatoms. The lowest BCUT2D eigenvalue weighted by molar-refractivity contribution is -0.129. The van der Waals surface area contributed by atoms with E-state index in [0.717, 1.165) is 16.4 Å². The SMILES string of the molecule is CCN(CC1COc2ccccc2O1)C(=O)CSc1ccccc1. The highest BCUT2D eigenvalue weighted by molar-refractivity contribution is 8.00. The summed E-state index contributed by atoms with van der Waals surface area (Å²) >= 11 is 1.56. The number of para-hydroxylation sites is 2. The number of fused-ring (bicyclic) bond motifs is 1. The van der Waals surface area contributed by atoms with Gasteiger partial charge in [-0.05, 0) is 31.2 Å². The number of benzene rings is 2. The van der Waals surface area contributed by atoms with Gasteiger partial charge in [-0.25, -0.2) is 0 Å². The van der Waals surface area contributed by atoms with Crippen LogP contribution in [-0.4, -0.2) is 42.4 Å². The molecule has 1 heterocycles. The van der Waals surface area contributed by atoms with Crippen LogP contribution in [0.4, 0.5) is 0 Å². The number of hydrogen-bond acceptors (Lipinski definition) is 4. The zero-order valence-electron chi connectivity index (χ0n) is 13.7. The monoisotopic (exact) mass is 343 g/mol. The number of thioether (sulfide) groups is 1. The molecule has 1 aliphatic heterocycles. The summed E-state index contributed by atoms with van der Waals surface area (Å²) in [4.78, 5) is 15.4. The predicted octanol–water partition coefficient (Wildman–Crippen LogP) is 3.47. The lowest BCUT2D eigenvalue weighted by Gasteiger charge is -2.30. The van der Waals surface area contributed by atoms with Crippen LogP contribution >= 0.6 is 11.8 Å². The van der Waals surface area contributed by atoms with Gasteiger partial charge in [-0.1, -0.05) is 30.3 Å². The van der Waals surface area contributed by atoms with Crippen molar-refractivity contribution in [2.75, 3.05) is 25.4 Å². The Morgan fingerprint density at radius 3 is 2.58 bits per heavy atom. The molecule has 3 rings (SSSR count). The topological polar surface area (TPSA) is 38.8 Å². The second-order valence-electron chi connectivity index (χ2n) is 5.53. The van der Waals surface area contributed by atoms with E-state index in [2.05, 4.69) is 0 Å². The van der Waals surface area contributed by atoms with Gasteiger partial charge in [0, 0.05) is 11.4 Å². The van der Waals surface area contributed by atoms with Crippen LogP contribution in [0, 0.1) is 0 Å². The molecule has 0 saturated heterocycles. The maximum absolute atomic E-state index is 12.5. The normalized spacial score (nSPS) is 15.8. The number of carbonyl (C=O) groups excluding carboxylic acids is 1. The summed E-state index contributed by atoms with van der Waals surface area (Å²) in [6.45, 7) is 3.66. The van der Waals surface area contributed by atoms with E-state index >= 15 is 0 Å². The van der Waals surface area contributed by atoms with Crippen LogP contribution in [0.15, 0.2) is 59.5 Å². The van der Waals surface area contributed by atoms with E-state index in [-0.39, 0.29) is 12.0 Å². The molecule has 126 valence electrons. The first-order chi connectivity index (χ1) is 11.8. The highest BCUT2D eigenvalue weighted by Gasteiger charge is 2.24. The molecule has 1 atom stereocenters. The molecule has 0 radical (unpaired) electrons. The van der Waals surface area contributed by atoms with E-state index in [4.69, 9.17) is 9.47 Å². The average Bonchev–Trinajstić information content (AvgIpc) is 2.65. The Morgan fingerprint density at radius 1 is 1.12 bits per heavy atom. The Labute approximate surface area is 146 Å². The van der Waals surface area contributed by atoms with Gasteiger partial charge in [-0.3, -0.25) is 4.79 Å². The van der Waals surface area contributed by atoms with E-state index < -0.39 is 0 Å². The fourth-order valence-electron chi connectivity index (χ4n) is 2.56. The molecular weight excluding hydrogens is 322 g/mol. The summed E-state index contributed by atoms with van der Waals surface area (Å²) < 4.78 is 11.7. The number of amides is 1. The first-order valence-electron chi connectivity index (χ1n) is 8.10. The van der Waals surface area contributed by atoms with E-state index in [1.54, 1.807) is 11.8 Å². The number of carbonyl (C=O) groups is 1. The second-order valence-corrected chi connectivity index (χ2v) is 6.58. The van der Waals surface area contributed by atoms with Gasteiger partial charge < -0.3 is 14.4 Å². The van der Waals surface area contributed by atoms with Crippen molar-refractivity contribution in [2.24, 2.45) is 0 Å². The first kappa shape index (κ1) is 16.7. The molecule has 1 unspecified atom stereocenters. The third kappa shape index (κ3) is 4.23. The van der Waals surface area contributed by atoms with Gasteiger partial charge in [0.1, 0.15) is 6.61 Å². The molecule has 1 aliphatic rings. The molecule has 0 spiro atoms. The van der Waals surface area contributed by atoms with Gasteiger partial charge in [-0.2, -0.15) is 0 Å². The molecule has 0 aromatic heterocycles. The van der Waals surface area contributed by atoms with Crippen molar-refractivity contribution in [3.05, 3.63) is 54.6 Å². The Kier molecular flexibility index (Phi) is 5.64. The third-order valence-electron chi connectivity index (χ3n) is 3.83. The van der Waals surface area contributed by atoms with Gasteiger partial charge in [0.05, 0.1) is 12.3 Å². The Hall–Kier alpha value is -2.14. The number of likely N-dealkylation sites (N-methyl/N-ethyl adjacent to an activating group) is 1. The zero-order valence-corrected chi connectivity index (χ0v) is 14.5. The van der Waals surface area contributed by atoms with Crippen LogP contribution in [0.3, 0.4) is 0 Å². The first-order valence-corrected chi connectivity index (χ1v) is 9.09. The van der Waals surface area contributed by atoms with Crippen molar-refractivity contribution < 1.29 is 14.3 Å². The molecule has 0 fully saturated rings. The minimum absolute atomic E-state index is 0.119. The van der Waals surface area contributed by atoms with Gasteiger partial charge in [0.15, 0.2) is 17.6 Å². The highest BCUT2D eigenvalue weighted by Crippen LogP contribution is 2.31. The van der Waals surface area contributed by atoms with Gasteiger partial charge in [-0.15, -0.1) is 11.8 Å². The summed E-state index contributed by atoms with van der Waals surface area (Å²) in [6.07, 6.45) is -0.134. The maximum atomic E-state index is 12.5. The Balaban J connectivity index is 1.54. The molecule has 2 aromatic rings. The zero-order chi connectivity index (χ0) is 16.8. The van der Waals surface area contributed by atoms with Gasteiger partial charge in [0.25, 0.3) is 0 Å². The van der Waals surface area contributed by atoms with E-state index in [9.17, 15) is 4.79 Å². The van der Waals surface area contributed by atoms with Crippen LogP contribution in [0.1, 0.15) is 6.92 Å². The predicted molar refractivity (Wildman–Crippen MR) is 95.8 cm³/mol. The number of hydrogen-bond donors (Lipinski definition) is 0. The maximum Gasteiger partial charge on any atom is 0.233 e. The molecule has 2 aromatic carbocycles. The lowest BCUT2D eigenvalue weighted by atomic mass is 10.2. The molecule has 0 saturated carbocycles. The average molecular weight is 343 g/mol. The number of ether oxygens (including phenoxy) is 2. The molecule has 0 bridgehead atoms. The van der Waals surface area contributed by atoms with Gasteiger partial charge >= 0.3 is 0 Å². The van der Waals surface area contributed by atoms with Crippen LogP contribution in [-0.2, 0) is 4.79 Å². The molecule has 1 amide bonds. The molecule has 24 heavy (non-hydrogen) atoms. The van der Waals surface area contributed by atoms with Crippen LogP contribution in [0.2, 0.25) is 0 Å². The molecule has 4 nitrogen and oxygen atoms in total. The second kappa shape index (κ2) is 8.11. The minimum Gasteiger partial charge on any atom is -0.486 e. The number of nitrogens with zero attached hydrogens (tertiary/aromatic N) is 1.